The van der Waals surface area contributed by atoms with Gasteiger partial charge in [0, 0.05) is 17.8 Å². The van der Waals surface area contributed by atoms with E-state index in [0.29, 0.717) is 23.6 Å². The molecule has 7 heteroatoms. The molecular formula is C20H15FN4O2. The second-order valence-corrected chi connectivity index (χ2v) is 5.95. The van der Waals surface area contributed by atoms with E-state index in [9.17, 15) is 9.18 Å². The van der Waals surface area contributed by atoms with E-state index in [0.717, 1.165) is 5.56 Å². The van der Waals surface area contributed by atoms with E-state index in [4.69, 9.17) is 4.52 Å². The maximum Gasteiger partial charge on any atom is 0.277 e. The minimum atomic E-state index is -0.411. The molecule has 134 valence electrons. The number of rotatable bonds is 5. The van der Waals surface area contributed by atoms with Gasteiger partial charge in [0.2, 0.25) is 0 Å². The summed E-state index contributed by atoms with van der Waals surface area (Å²) in [4.78, 5) is 12.3. The molecule has 2 aromatic carbocycles. The summed E-state index contributed by atoms with van der Waals surface area (Å²) in [5.41, 5.74) is 2.44. The molecule has 6 nitrogen and oxygen atoms in total. The molecule has 4 rings (SSSR count). The van der Waals surface area contributed by atoms with Crippen LogP contribution >= 0.6 is 0 Å². The van der Waals surface area contributed by atoms with Gasteiger partial charge in [-0.25, -0.2) is 4.39 Å². The van der Waals surface area contributed by atoms with Crippen LogP contribution in [0.2, 0.25) is 0 Å². The van der Waals surface area contributed by atoms with Gasteiger partial charge in [0.1, 0.15) is 5.82 Å². The van der Waals surface area contributed by atoms with Crippen molar-refractivity contribution in [2.24, 2.45) is 0 Å². The average Bonchev–Trinajstić information content (AvgIpc) is 3.33. The van der Waals surface area contributed by atoms with E-state index in [2.05, 4.69) is 15.6 Å². The largest absolute Gasteiger partial charge is 0.355 e. The summed E-state index contributed by atoms with van der Waals surface area (Å²) in [6, 6.07) is 17.2. The van der Waals surface area contributed by atoms with Crippen molar-refractivity contribution in [1.82, 2.24) is 14.9 Å². The van der Waals surface area contributed by atoms with E-state index in [-0.39, 0.29) is 11.5 Å². The van der Waals surface area contributed by atoms with Crippen LogP contribution in [0.5, 0.6) is 0 Å². The average molecular weight is 362 g/mol. The van der Waals surface area contributed by atoms with Crippen LogP contribution in [0.4, 0.5) is 10.1 Å². The molecule has 0 aliphatic heterocycles. The first kappa shape index (κ1) is 16.7. The van der Waals surface area contributed by atoms with E-state index in [1.54, 1.807) is 29.2 Å². The molecule has 2 aromatic heterocycles. The molecule has 2 heterocycles. The maximum atomic E-state index is 13.0. The summed E-state index contributed by atoms with van der Waals surface area (Å²) in [5.74, 6) is -0.366. The van der Waals surface area contributed by atoms with Gasteiger partial charge in [-0.2, -0.15) is 5.10 Å². The van der Waals surface area contributed by atoms with Crippen LogP contribution in [0.25, 0.3) is 11.3 Å². The highest BCUT2D eigenvalue weighted by Crippen LogP contribution is 2.21. The lowest BCUT2D eigenvalue weighted by atomic mass is 10.1. The highest BCUT2D eigenvalue weighted by Gasteiger charge is 2.15. The Morgan fingerprint density at radius 3 is 2.67 bits per heavy atom. The van der Waals surface area contributed by atoms with Gasteiger partial charge < -0.3 is 9.84 Å². The Morgan fingerprint density at radius 2 is 1.89 bits per heavy atom. The first-order chi connectivity index (χ1) is 13.2. The predicted molar refractivity (Wildman–Crippen MR) is 97.6 cm³/mol. The lowest BCUT2D eigenvalue weighted by Gasteiger charge is -2.01. The summed E-state index contributed by atoms with van der Waals surface area (Å²) >= 11 is 0. The first-order valence-electron chi connectivity index (χ1n) is 8.28. The lowest BCUT2D eigenvalue weighted by Crippen LogP contribution is -2.11. The molecule has 4 aromatic rings. The Labute approximate surface area is 154 Å². The molecule has 0 unspecified atom stereocenters. The van der Waals surface area contributed by atoms with Gasteiger partial charge >= 0.3 is 0 Å². The van der Waals surface area contributed by atoms with Crippen molar-refractivity contribution in [3.05, 3.63) is 90.1 Å². The number of carbonyl (C=O) groups excluding carboxylic acids is 1. The van der Waals surface area contributed by atoms with E-state index in [1.165, 1.54) is 18.2 Å². The van der Waals surface area contributed by atoms with E-state index >= 15 is 0 Å². The minimum absolute atomic E-state index is 0.130. The lowest BCUT2D eigenvalue weighted by molar-refractivity contribution is 0.101. The van der Waals surface area contributed by atoms with Crippen molar-refractivity contribution in [3.63, 3.8) is 0 Å². The fraction of sp³-hybridized carbons (Fsp3) is 0.0500. The summed E-state index contributed by atoms with van der Waals surface area (Å²) in [5, 5.41) is 10.8. The standard InChI is InChI=1S/C20H15FN4O2/c21-16-8-6-15(7-9-16)19-10-18(24-27-19)20(26)23-17-11-22-25(13-17)12-14-4-2-1-3-5-14/h1-11,13H,12H2,(H,23,26). The van der Waals surface area contributed by atoms with Gasteiger partial charge in [-0.15, -0.1) is 0 Å². The van der Waals surface area contributed by atoms with E-state index < -0.39 is 5.91 Å². The third kappa shape index (κ3) is 3.92. The highest BCUT2D eigenvalue weighted by molar-refractivity contribution is 6.03. The SMILES string of the molecule is O=C(Nc1cnn(Cc2ccccc2)c1)c1cc(-c2ccc(F)cc2)on1. The Bertz CT molecular complexity index is 1060. The van der Waals surface area contributed by atoms with Gasteiger partial charge in [-0.3, -0.25) is 9.48 Å². The van der Waals surface area contributed by atoms with Crippen LogP contribution < -0.4 is 5.32 Å². The molecule has 0 atom stereocenters. The second kappa shape index (κ2) is 7.25. The summed E-state index contributed by atoms with van der Waals surface area (Å²) in [7, 11) is 0. The Morgan fingerprint density at radius 1 is 1.11 bits per heavy atom. The quantitative estimate of drug-likeness (QED) is 0.583. The first-order valence-corrected chi connectivity index (χ1v) is 8.28. The normalized spacial score (nSPS) is 10.7. The van der Waals surface area contributed by atoms with Crippen molar-refractivity contribution in [1.29, 1.82) is 0 Å². The third-order valence-corrected chi connectivity index (χ3v) is 3.95. The van der Waals surface area contributed by atoms with Gasteiger partial charge in [0.05, 0.1) is 18.4 Å². The molecule has 0 aliphatic carbocycles. The number of nitrogens with zero attached hydrogens (tertiary/aromatic N) is 3. The molecule has 1 N–H and O–H groups in total. The van der Waals surface area contributed by atoms with Crippen LogP contribution in [0.15, 0.2) is 77.6 Å². The molecule has 0 fully saturated rings. The molecule has 0 aliphatic rings. The molecule has 0 spiro atoms. The molecule has 27 heavy (non-hydrogen) atoms. The van der Waals surface area contributed by atoms with Gasteiger partial charge in [-0.1, -0.05) is 35.5 Å². The number of amides is 1. The Hall–Kier alpha value is -3.74. The summed E-state index contributed by atoms with van der Waals surface area (Å²) in [6.45, 7) is 0.607. The third-order valence-electron chi connectivity index (χ3n) is 3.95. The summed E-state index contributed by atoms with van der Waals surface area (Å²) in [6.07, 6.45) is 3.31. The Balaban J connectivity index is 1.43. The molecule has 0 saturated heterocycles. The van der Waals surface area contributed by atoms with Gasteiger partial charge in [-0.05, 0) is 29.8 Å². The number of benzene rings is 2. The summed E-state index contributed by atoms with van der Waals surface area (Å²) < 4.78 is 19.9. The number of halogens is 1. The number of hydrogen-bond acceptors (Lipinski definition) is 4. The van der Waals surface area contributed by atoms with Crippen LogP contribution in [-0.2, 0) is 6.54 Å². The number of aromatic nitrogens is 3. The second-order valence-electron chi connectivity index (χ2n) is 5.95. The van der Waals surface area contributed by atoms with E-state index in [1.807, 2.05) is 30.3 Å². The number of anilines is 1. The number of hydrogen-bond donors (Lipinski definition) is 1. The zero-order chi connectivity index (χ0) is 18.6. The number of nitrogens with one attached hydrogen (secondary N) is 1. The van der Waals surface area contributed by atoms with Crippen LogP contribution in [0, 0.1) is 5.82 Å². The smallest absolute Gasteiger partial charge is 0.277 e. The minimum Gasteiger partial charge on any atom is -0.355 e. The maximum absolute atomic E-state index is 13.0. The monoisotopic (exact) mass is 362 g/mol. The zero-order valence-corrected chi connectivity index (χ0v) is 14.2. The van der Waals surface area contributed by atoms with Gasteiger partial charge in [0.25, 0.3) is 5.91 Å². The Kier molecular flexibility index (Phi) is 4.49. The molecular weight excluding hydrogens is 347 g/mol. The fourth-order valence-corrected chi connectivity index (χ4v) is 2.61. The zero-order valence-electron chi connectivity index (χ0n) is 14.2. The van der Waals surface area contributed by atoms with Crippen LogP contribution in [-0.4, -0.2) is 20.8 Å². The highest BCUT2D eigenvalue weighted by atomic mass is 19.1. The van der Waals surface area contributed by atoms with Crippen molar-refractivity contribution < 1.29 is 13.7 Å². The topological polar surface area (TPSA) is 73.0 Å². The van der Waals surface area contributed by atoms with Crippen molar-refractivity contribution in [2.45, 2.75) is 6.54 Å². The van der Waals surface area contributed by atoms with Crippen LogP contribution in [0.3, 0.4) is 0 Å². The van der Waals surface area contributed by atoms with Crippen LogP contribution in [0.1, 0.15) is 16.1 Å². The molecule has 0 bridgehead atoms. The van der Waals surface area contributed by atoms with Crippen molar-refractivity contribution in [3.8, 4) is 11.3 Å². The molecule has 0 saturated carbocycles. The van der Waals surface area contributed by atoms with Crippen molar-refractivity contribution >= 4 is 11.6 Å². The predicted octanol–water partition coefficient (Wildman–Crippen LogP) is 3.98. The molecule has 0 radical (unpaired) electrons. The fourth-order valence-electron chi connectivity index (χ4n) is 2.61. The molecule has 1 amide bonds. The number of carbonyl (C=O) groups is 1. The van der Waals surface area contributed by atoms with Crippen molar-refractivity contribution in [2.75, 3.05) is 5.32 Å². The van der Waals surface area contributed by atoms with Gasteiger partial charge in [0.15, 0.2) is 11.5 Å².